The number of hydrogen-bond acceptors (Lipinski definition) is 3. The van der Waals surface area contributed by atoms with Gasteiger partial charge in [0.2, 0.25) is 0 Å². The van der Waals surface area contributed by atoms with E-state index in [0.717, 1.165) is 0 Å². The zero-order valence-corrected chi connectivity index (χ0v) is 7.28. The van der Waals surface area contributed by atoms with E-state index in [1.807, 2.05) is 0 Å². The van der Waals surface area contributed by atoms with E-state index < -0.39 is 0 Å². The first-order chi connectivity index (χ1) is 4.24. The highest BCUT2D eigenvalue weighted by Crippen LogP contribution is 1.30. The lowest BCUT2D eigenvalue weighted by Gasteiger charge is -1.52. The zero-order chi connectivity index (χ0) is 8.12. The Morgan fingerprint density at radius 1 is 0.636 bits per heavy atom. The minimum absolute atomic E-state index is 0. The van der Waals surface area contributed by atoms with Gasteiger partial charge in [-0.2, -0.15) is 0 Å². The van der Waals surface area contributed by atoms with Crippen LogP contribution in [0.4, 0.5) is 9.41 Å². The molecule has 76 valence electrons. The van der Waals surface area contributed by atoms with E-state index in [2.05, 4.69) is 0 Å². The maximum atomic E-state index is 7.57. The third-order valence-electron chi connectivity index (χ3n) is 0. The summed E-state index contributed by atoms with van der Waals surface area (Å²) in [5, 5.41) is 22.7. The summed E-state index contributed by atoms with van der Waals surface area (Å²) in [6.45, 7) is 5.79. The predicted molar refractivity (Wildman–Crippen MR) is 43.3 cm³/mol. The summed E-state index contributed by atoms with van der Waals surface area (Å²) >= 11 is 0. The van der Waals surface area contributed by atoms with Gasteiger partial charge in [0.05, 0.1) is 0 Å². The second-order valence-corrected chi connectivity index (χ2v) is 0.949. The van der Waals surface area contributed by atoms with Crippen LogP contribution in [0.15, 0.2) is 0 Å². The average Bonchev–Trinajstić information content (AvgIpc) is 1.70. The van der Waals surface area contributed by atoms with Gasteiger partial charge in [-0.1, -0.05) is 0 Å². The fourth-order valence-electron chi connectivity index (χ4n) is 0. The highest BCUT2D eigenvalue weighted by Gasteiger charge is 1.35. The topological polar surface area (TPSA) is 60.7 Å². The Morgan fingerprint density at radius 2 is 0.636 bits per heavy atom. The summed E-state index contributed by atoms with van der Waals surface area (Å²) in [5.74, 6) is 0. The molecular weight excluding hydrogens is 158 g/mol. The standard InChI is InChI=1S/3C2H6O.2FH/c3*1-2-3;;/h3*3H,2H2,1H3;2*1H. The zero-order valence-electron chi connectivity index (χ0n) is 7.28. The van der Waals surface area contributed by atoms with Crippen LogP contribution in [0.5, 0.6) is 0 Å². The fraction of sp³-hybridized carbons (Fsp3) is 1.00. The van der Waals surface area contributed by atoms with E-state index in [-0.39, 0.29) is 29.2 Å². The molecule has 0 aromatic rings. The molecule has 0 aromatic carbocycles. The Balaban J connectivity index is -0.0000000150. The first-order valence-corrected chi connectivity index (χ1v) is 3.07. The second-order valence-electron chi connectivity index (χ2n) is 0.949. The van der Waals surface area contributed by atoms with E-state index in [9.17, 15) is 0 Å². The van der Waals surface area contributed by atoms with Crippen molar-refractivity contribution in [2.75, 3.05) is 19.8 Å². The van der Waals surface area contributed by atoms with Crippen LogP contribution in [0.25, 0.3) is 0 Å². The second kappa shape index (κ2) is 99.1. The summed E-state index contributed by atoms with van der Waals surface area (Å²) in [7, 11) is 0. The molecule has 0 amide bonds. The Bertz CT molecular complexity index is 20.5. The molecule has 0 aromatic heterocycles. The van der Waals surface area contributed by atoms with Crippen molar-refractivity contribution >= 4 is 0 Å². The molecule has 0 fully saturated rings. The third-order valence-corrected chi connectivity index (χ3v) is 0. The van der Waals surface area contributed by atoms with Crippen LogP contribution < -0.4 is 0 Å². The Hall–Kier alpha value is -0.260. The highest BCUT2D eigenvalue weighted by molar-refractivity contribution is 3.84. The van der Waals surface area contributed by atoms with E-state index in [0.29, 0.717) is 0 Å². The highest BCUT2D eigenvalue weighted by atomic mass is 19.0. The SMILES string of the molecule is CCO.CCO.CCO.F.F. The van der Waals surface area contributed by atoms with Gasteiger partial charge < -0.3 is 15.3 Å². The summed E-state index contributed by atoms with van der Waals surface area (Å²) in [6, 6.07) is 0. The fourth-order valence-corrected chi connectivity index (χ4v) is 0. The van der Waals surface area contributed by atoms with E-state index in [1.54, 1.807) is 20.8 Å². The van der Waals surface area contributed by atoms with Gasteiger partial charge in [-0.15, -0.1) is 0 Å². The van der Waals surface area contributed by atoms with Crippen molar-refractivity contribution < 1.29 is 24.7 Å². The average molecular weight is 178 g/mol. The molecule has 0 spiro atoms. The van der Waals surface area contributed by atoms with Crippen molar-refractivity contribution in [2.45, 2.75) is 20.8 Å². The summed E-state index contributed by atoms with van der Waals surface area (Å²) in [5.41, 5.74) is 0. The van der Waals surface area contributed by atoms with Gasteiger partial charge in [0.25, 0.3) is 0 Å². The monoisotopic (exact) mass is 178 g/mol. The number of aliphatic hydroxyl groups is 3. The van der Waals surface area contributed by atoms with Crippen molar-refractivity contribution in [3.63, 3.8) is 0 Å². The van der Waals surface area contributed by atoms with Crippen molar-refractivity contribution in [2.24, 2.45) is 0 Å². The van der Waals surface area contributed by atoms with Gasteiger partial charge in [0.1, 0.15) is 0 Å². The first-order valence-electron chi connectivity index (χ1n) is 3.07. The lowest BCUT2D eigenvalue weighted by atomic mass is 10.9. The molecule has 0 aliphatic rings. The Morgan fingerprint density at radius 3 is 0.636 bits per heavy atom. The molecule has 0 atom stereocenters. The number of rotatable bonds is 0. The molecule has 0 saturated carbocycles. The van der Waals surface area contributed by atoms with Gasteiger partial charge in [0, 0.05) is 19.8 Å². The van der Waals surface area contributed by atoms with E-state index in [4.69, 9.17) is 15.3 Å². The molecule has 3 nitrogen and oxygen atoms in total. The van der Waals surface area contributed by atoms with Crippen LogP contribution in [0.3, 0.4) is 0 Å². The molecule has 0 radical (unpaired) electrons. The Labute approximate surface area is 66.4 Å². The van der Waals surface area contributed by atoms with Crippen LogP contribution in [-0.4, -0.2) is 35.1 Å². The van der Waals surface area contributed by atoms with Crippen molar-refractivity contribution in [3.8, 4) is 0 Å². The maximum absolute atomic E-state index is 7.57. The van der Waals surface area contributed by atoms with Gasteiger partial charge in [-0.3, -0.25) is 9.41 Å². The van der Waals surface area contributed by atoms with Crippen LogP contribution in [0, 0.1) is 0 Å². The largest absolute Gasteiger partial charge is 0.397 e. The van der Waals surface area contributed by atoms with Crippen LogP contribution in [0.2, 0.25) is 0 Å². The van der Waals surface area contributed by atoms with Crippen molar-refractivity contribution in [3.05, 3.63) is 0 Å². The normalized spacial score (nSPS) is 4.91. The van der Waals surface area contributed by atoms with Gasteiger partial charge in [-0.05, 0) is 20.8 Å². The quantitative estimate of drug-likeness (QED) is 0.500. The molecule has 0 unspecified atom stereocenters. The molecule has 3 N–H and O–H groups in total. The van der Waals surface area contributed by atoms with Crippen LogP contribution >= 0.6 is 0 Å². The van der Waals surface area contributed by atoms with Gasteiger partial charge in [0.15, 0.2) is 0 Å². The van der Waals surface area contributed by atoms with Gasteiger partial charge >= 0.3 is 0 Å². The predicted octanol–water partition coefficient (Wildman–Crippen LogP) is 0.301. The lowest BCUT2D eigenvalue weighted by Crippen LogP contribution is -1.57. The molecule has 0 bridgehead atoms. The molecular formula is C6H20F2O3. The van der Waals surface area contributed by atoms with Crippen LogP contribution in [0.1, 0.15) is 20.8 Å². The number of hydrogen-bond donors (Lipinski definition) is 3. The minimum atomic E-state index is 0. The first kappa shape index (κ1) is 30.9. The molecule has 0 aliphatic heterocycles. The summed E-state index contributed by atoms with van der Waals surface area (Å²) in [6.07, 6.45) is 0. The number of halogens is 2. The Kier molecular flexibility index (Phi) is 279. The lowest BCUT2D eigenvalue weighted by molar-refractivity contribution is 0.318. The molecule has 0 aliphatic carbocycles. The third kappa shape index (κ3) is 8630. The van der Waals surface area contributed by atoms with Crippen molar-refractivity contribution in [1.82, 2.24) is 0 Å². The summed E-state index contributed by atoms with van der Waals surface area (Å²) in [4.78, 5) is 0. The van der Waals surface area contributed by atoms with Crippen molar-refractivity contribution in [1.29, 1.82) is 0 Å². The number of aliphatic hydroxyl groups excluding tert-OH is 3. The molecule has 5 heteroatoms. The van der Waals surface area contributed by atoms with E-state index >= 15 is 0 Å². The minimum Gasteiger partial charge on any atom is -0.397 e. The van der Waals surface area contributed by atoms with Crippen LogP contribution in [-0.2, 0) is 0 Å². The van der Waals surface area contributed by atoms with E-state index in [1.165, 1.54) is 0 Å². The molecule has 11 heavy (non-hydrogen) atoms. The molecule has 0 heterocycles. The smallest absolute Gasteiger partial charge is 0.0402 e. The maximum Gasteiger partial charge on any atom is 0.0402 e. The van der Waals surface area contributed by atoms with Gasteiger partial charge in [-0.25, -0.2) is 0 Å². The molecule has 0 rings (SSSR count). The molecule has 0 saturated heterocycles. The summed E-state index contributed by atoms with van der Waals surface area (Å²) < 4.78 is 0.